The molecule has 0 heterocycles. The van der Waals surface area contributed by atoms with Crippen molar-refractivity contribution in [3.05, 3.63) is 97.1 Å². The molecule has 0 saturated carbocycles. The number of benzene rings is 4. The zero-order chi connectivity index (χ0) is 26.0. The van der Waals surface area contributed by atoms with Crippen molar-refractivity contribution >= 4 is 34.9 Å². The summed E-state index contributed by atoms with van der Waals surface area (Å²) < 4.78 is 22.2. The molecule has 4 aromatic rings. The van der Waals surface area contributed by atoms with E-state index < -0.39 is 0 Å². The van der Waals surface area contributed by atoms with Gasteiger partial charge in [0, 0.05) is 35.8 Å². The van der Waals surface area contributed by atoms with Gasteiger partial charge in [0.2, 0.25) is 0 Å². The van der Waals surface area contributed by atoms with E-state index in [-0.39, 0.29) is 0 Å². The van der Waals surface area contributed by atoms with Gasteiger partial charge in [-0.05, 0) is 72.8 Å². The van der Waals surface area contributed by atoms with Gasteiger partial charge in [0.05, 0.1) is 25.6 Å². The minimum atomic E-state index is 0.593. The fourth-order valence-electron chi connectivity index (χ4n) is 3.25. The lowest BCUT2D eigenvalue weighted by atomic mass is 10.3. The number of hydrogen-bond acceptors (Lipinski definition) is 7. The number of nitrogens with zero attached hydrogens (tertiary/aromatic N) is 2. The normalized spacial score (nSPS) is 11.7. The molecule has 0 saturated heterocycles. The third-order valence-corrected chi connectivity index (χ3v) is 6.17. The monoisotopic (exact) mass is 512 g/mol. The summed E-state index contributed by atoms with van der Waals surface area (Å²) in [6.07, 6.45) is 0. The van der Waals surface area contributed by atoms with Crippen molar-refractivity contribution in [1.29, 1.82) is 0 Å². The maximum absolute atomic E-state index is 6.00. The van der Waals surface area contributed by atoms with Gasteiger partial charge < -0.3 is 18.9 Å². The zero-order valence-electron chi connectivity index (χ0n) is 21.2. The van der Waals surface area contributed by atoms with Gasteiger partial charge in [0.1, 0.15) is 23.0 Å². The molecule has 4 aromatic carbocycles. The number of aliphatic imine (C=N–C) groups is 2. The van der Waals surface area contributed by atoms with Crippen LogP contribution in [0.1, 0.15) is 13.8 Å². The van der Waals surface area contributed by atoms with Crippen LogP contribution in [0, 0.1) is 0 Å². The molecule has 0 N–H and O–H groups in total. The van der Waals surface area contributed by atoms with E-state index in [9.17, 15) is 0 Å². The first-order valence-corrected chi connectivity index (χ1v) is 12.4. The quantitative estimate of drug-likeness (QED) is 0.174. The number of rotatable bonds is 8. The van der Waals surface area contributed by atoms with Crippen molar-refractivity contribution in [1.82, 2.24) is 0 Å². The Labute approximate surface area is 221 Å². The fraction of sp³-hybridized carbons (Fsp3) is 0.133. The topological polar surface area (TPSA) is 61.6 Å². The summed E-state index contributed by atoms with van der Waals surface area (Å²) in [4.78, 5) is 11.0. The smallest absolute Gasteiger partial charge is 0.184 e. The average molecular weight is 513 g/mol. The van der Waals surface area contributed by atoms with Gasteiger partial charge in [0.25, 0.3) is 0 Å². The molecular formula is C30H28N2O4S. The molecule has 0 aromatic heterocycles. The Morgan fingerprint density at radius 3 is 1.32 bits per heavy atom. The second-order valence-corrected chi connectivity index (χ2v) is 9.06. The molecular weight excluding hydrogens is 484 g/mol. The van der Waals surface area contributed by atoms with Crippen LogP contribution in [-0.2, 0) is 9.47 Å². The third kappa shape index (κ3) is 7.88. The van der Waals surface area contributed by atoms with E-state index in [0.717, 1.165) is 32.7 Å². The van der Waals surface area contributed by atoms with Crippen molar-refractivity contribution in [3.63, 3.8) is 0 Å². The van der Waals surface area contributed by atoms with Gasteiger partial charge in [-0.2, -0.15) is 0 Å². The van der Waals surface area contributed by atoms with Gasteiger partial charge in [-0.15, -0.1) is 0 Å². The van der Waals surface area contributed by atoms with Crippen LogP contribution < -0.4 is 9.47 Å². The summed E-state index contributed by atoms with van der Waals surface area (Å²) in [6, 6.07) is 31.1. The predicted molar refractivity (Wildman–Crippen MR) is 150 cm³/mol. The van der Waals surface area contributed by atoms with Crippen molar-refractivity contribution in [2.24, 2.45) is 9.98 Å². The molecule has 0 bridgehead atoms. The Balaban J connectivity index is 1.35. The first kappa shape index (κ1) is 25.9. The maximum atomic E-state index is 6.00. The molecule has 0 fully saturated rings. The molecule has 6 nitrogen and oxygen atoms in total. The highest BCUT2D eigenvalue weighted by molar-refractivity contribution is 7.99. The lowest BCUT2D eigenvalue weighted by Gasteiger charge is -2.09. The molecule has 0 amide bonds. The van der Waals surface area contributed by atoms with Gasteiger partial charge in [-0.1, -0.05) is 23.9 Å². The van der Waals surface area contributed by atoms with E-state index in [1.54, 1.807) is 26.0 Å². The van der Waals surface area contributed by atoms with Gasteiger partial charge in [0.15, 0.2) is 11.8 Å². The predicted octanol–water partition coefficient (Wildman–Crippen LogP) is 8.82. The van der Waals surface area contributed by atoms with Crippen LogP contribution in [0.15, 0.2) is 117 Å². The first-order valence-electron chi connectivity index (χ1n) is 11.6. The van der Waals surface area contributed by atoms with E-state index in [0.29, 0.717) is 23.3 Å². The van der Waals surface area contributed by atoms with Crippen LogP contribution in [-0.4, -0.2) is 26.0 Å². The third-order valence-electron chi connectivity index (χ3n) is 5.15. The molecule has 37 heavy (non-hydrogen) atoms. The average Bonchev–Trinajstić information content (AvgIpc) is 2.91. The Morgan fingerprint density at radius 1 is 0.541 bits per heavy atom. The Morgan fingerprint density at radius 2 is 0.946 bits per heavy atom. The molecule has 0 aliphatic heterocycles. The van der Waals surface area contributed by atoms with Crippen LogP contribution >= 0.6 is 11.8 Å². The molecule has 0 radical (unpaired) electrons. The molecule has 0 unspecified atom stereocenters. The molecule has 0 spiro atoms. The summed E-state index contributed by atoms with van der Waals surface area (Å²) in [7, 11) is 3.20. The Kier molecular flexibility index (Phi) is 8.84. The summed E-state index contributed by atoms with van der Waals surface area (Å²) in [5.41, 5.74) is 1.55. The Bertz CT molecular complexity index is 1280. The summed E-state index contributed by atoms with van der Waals surface area (Å²) in [6.45, 7) is 3.62. The lowest BCUT2D eigenvalue weighted by molar-refractivity contribution is 0.400. The largest absolute Gasteiger partial charge is 0.484 e. The zero-order valence-corrected chi connectivity index (χ0v) is 22.0. The summed E-state index contributed by atoms with van der Waals surface area (Å²) in [5, 5.41) is 0. The van der Waals surface area contributed by atoms with E-state index in [4.69, 9.17) is 18.9 Å². The summed E-state index contributed by atoms with van der Waals surface area (Å²) in [5.74, 6) is 4.12. The highest BCUT2D eigenvalue weighted by atomic mass is 32.2. The SMILES string of the molecule is CO/C(C)=N\c1cccc(Oc2ccc(Sc3ccc(Oc4cccc(/N=C(/C)OC)c4)cc3)cc2)c1. The standard InChI is InChI=1S/C30H28N2O4S/c1-21(33-3)31-23-7-5-9-27(19-23)35-25-11-15-29(16-12-25)37-30-17-13-26(14-18-30)36-28-10-6-8-24(20-28)32-22(2)34-4/h5-20H,1-4H3/b31-21-,32-22-. The molecule has 0 aliphatic rings. The number of methoxy groups -OCH3 is 2. The molecule has 188 valence electrons. The highest BCUT2D eigenvalue weighted by Crippen LogP contribution is 2.33. The molecule has 7 heteroatoms. The molecule has 0 atom stereocenters. The number of hydrogen-bond donors (Lipinski definition) is 0. The minimum Gasteiger partial charge on any atom is -0.484 e. The molecule has 0 aliphatic carbocycles. The van der Waals surface area contributed by atoms with Gasteiger partial charge in [-0.25, -0.2) is 9.98 Å². The van der Waals surface area contributed by atoms with Gasteiger partial charge in [-0.3, -0.25) is 0 Å². The van der Waals surface area contributed by atoms with E-state index in [1.165, 1.54) is 0 Å². The van der Waals surface area contributed by atoms with Crippen LogP contribution in [0.4, 0.5) is 11.4 Å². The highest BCUT2D eigenvalue weighted by Gasteiger charge is 2.04. The maximum Gasteiger partial charge on any atom is 0.184 e. The van der Waals surface area contributed by atoms with Crippen molar-refractivity contribution in [3.8, 4) is 23.0 Å². The number of ether oxygens (including phenoxy) is 4. The van der Waals surface area contributed by atoms with Crippen molar-refractivity contribution in [2.45, 2.75) is 23.6 Å². The summed E-state index contributed by atoms with van der Waals surface area (Å²) >= 11 is 1.67. The fourth-order valence-corrected chi connectivity index (χ4v) is 4.06. The van der Waals surface area contributed by atoms with Crippen LogP contribution in [0.25, 0.3) is 0 Å². The van der Waals surface area contributed by atoms with Crippen LogP contribution in [0.5, 0.6) is 23.0 Å². The van der Waals surface area contributed by atoms with Gasteiger partial charge >= 0.3 is 0 Å². The lowest BCUT2D eigenvalue weighted by Crippen LogP contribution is -1.92. The van der Waals surface area contributed by atoms with Crippen LogP contribution in [0.2, 0.25) is 0 Å². The first-order chi connectivity index (χ1) is 18.0. The van der Waals surface area contributed by atoms with E-state index in [1.807, 2.05) is 111 Å². The van der Waals surface area contributed by atoms with E-state index in [2.05, 4.69) is 9.98 Å². The second-order valence-electron chi connectivity index (χ2n) is 7.91. The Hall–Kier alpha value is -4.23. The van der Waals surface area contributed by atoms with Crippen molar-refractivity contribution in [2.75, 3.05) is 14.2 Å². The van der Waals surface area contributed by atoms with Crippen LogP contribution in [0.3, 0.4) is 0 Å². The minimum absolute atomic E-state index is 0.593. The molecule has 4 rings (SSSR count). The second kappa shape index (κ2) is 12.6. The van der Waals surface area contributed by atoms with Crippen molar-refractivity contribution < 1.29 is 18.9 Å². The van der Waals surface area contributed by atoms with E-state index >= 15 is 0 Å².